The molecule has 4 aromatic rings. The van der Waals surface area contributed by atoms with Crippen molar-refractivity contribution in [3.05, 3.63) is 99.7 Å². The lowest BCUT2D eigenvalue weighted by Gasteiger charge is -2.21. The number of amides is 1. The van der Waals surface area contributed by atoms with Gasteiger partial charge >= 0.3 is 0 Å². The van der Waals surface area contributed by atoms with Crippen LogP contribution in [0.15, 0.2) is 66.7 Å². The van der Waals surface area contributed by atoms with E-state index >= 15 is 0 Å². The Morgan fingerprint density at radius 2 is 1.74 bits per heavy atom. The molecule has 1 atom stereocenters. The molecule has 7 heteroatoms. The summed E-state index contributed by atoms with van der Waals surface area (Å²) in [6, 6.07) is 20.9. The molecule has 0 saturated carbocycles. The Kier molecular flexibility index (Phi) is 7.23. The highest BCUT2D eigenvalue weighted by molar-refractivity contribution is 7.16. The molecule has 0 radical (unpaired) electrons. The Hall–Kier alpha value is -3.71. The molecule has 0 aliphatic heterocycles. The van der Waals surface area contributed by atoms with Crippen LogP contribution in [0.1, 0.15) is 50.7 Å². The lowest BCUT2D eigenvalue weighted by Crippen LogP contribution is -2.18. The summed E-state index contributed by atoms with van der Waals surface area (Å²) in [5.41, 5.74) is 4.33. The van der Waals surface area contributed by atoms with Crippen molar-refractivity contribution >= 4 is 28.2 Å². The van der Waals surface area contributed by atoms with Gasteiger partial charge in [0.15, 0.2) is 0 Å². The number of nitrogens with one attached hydrogen (secondary N) is 2. The summed E-state index contributed by atoms with van der Waals surface area (Å²) < 4.78 is 5.48. The molecule has 174 valence electrons. The van der Waals surface area contributed by atoms with Crippen LogP contribution in [0.5, 0.6) is 5.75 Å². The average Bonchev–Trinajstić information content (AvgIpc) is 3.25. The topological polar surface area (TPSA) is 76.1 Å². The Balaban J connectivity index is 1.78. The number of methoxy groups -OCH3 is 1. The first-order valence-corrected chi connectivity index (χ1v) is 12.0. The van der Waals surface area contributed by atoms with E-state index in [1.54, 1.807) is 18.4 Å². The van der Waals surface area contributed by atoms with Crippen LogP contribution in [0.2, 0.25) is 0 Å². The number of hydrogen-bond donors (Lipinski definition) is 2. The van der Waals surface area contributed by atoms with Crippen molar-refractivity contribution in [1.29, 1.82) is 0 Å². The van der Waals surface area contributed by atoms with Gasteiger partial charge < -0.3 is 15.4 Å². The second-order valence-electron chi connectivity index (χ2n) is 8.00. The van der Waals surface area contributed by atoms with Crippen molar-refractivity contribution in [2.75, 3.05) is 17.7 Å². The van der Waals surface area contributed by atoms with E-state index in [9.17, 15) is 4.79 Å². The van der Waals surface area contributed by atoms with E-state index in [4.69, 9.17) is 4.74 Å². The highest BCUT2D eigenvalue weighted by atomic mass is 32.1. The summed E-state index contributed by atoms with van der Waals surface area (Å²) in [6.07, 6.45) is 0.865. The number of carbonyl (C=O) groups excluding carboxylic acids is 1. The quantitative estimate of drug-likeness (QED) is 0.320. The van der Waals surface area contributed by atoms with E-state index in [1.165, 1.54) is 4.88 Å². The molecular weight excluding hydrogens is 444 g/mol. The molecule has 2 aromatic heterocycles. The fourth-order valence-electron chi connectivity index (χ4n) is 3.79. The zero-order valence-electron chi connectivity index (χ0n) is 19.8. The van der Waals surface area contributed by atoms with E-state index in [1.807, 2.05) is 74.5 Å². The molecule has 0 aliphatic carbocycles. The Morgan fingerprint density at radius 3 is 2.41 bits per heavy atom. The van der Waals surface area contributed by atoms with Gasteiger partial charge in [0.25, 0.3) is 5.91 Å². The molecule has 0 saturated heterocycles. The number of anilines is 2. The van der Waals surface area contributed by atoms with Crippen LogP contribution in [0.3, 0.4) is 0 Å². The van der Waals surface area contributed by atoms with Gasteiger partial charge in [-0.05, 0) is 62.2 Å². The van der Waals surface area contributed by atoms with Crippen molar-refractivity contribution < 1.29 is 9.53 Å². The third-order valence-electron chi connectivity index (χ3n) is 5.42. The average molecular weight is 473 g/mol. The number of aryl methyl sites for hydroxylation is 3. The second kappa shape index (κ2) is 10.5. The van der Waals surface area contributed by atoms with Crippen molar-refractivity contribution in [2.45, 2.75) is 33.2 Å². The van der Waals surface area contributed by atoms with Gasteiger partial charge in [-0.3, -0.25) is 4.79 Å². The molecule has 4 rings (SSSR count). The Bertz CT molecular complexity index is 1270. The number of carbonyl (C=O) groups is 1. The summed E-state index contributed by atoms with van der Waals surface area (Å²) in [6.45, 7) is 6.01. The number of benzene rings is 2. The molecule has 0 unspecified atom stereocenters. The summed E-state index contributed by atoms with van der Waals surface area (Å²) in [4.78, 5) is 23.4. The highest BCUT2D eigenvalue weighted by Gasteiger charge is 2.23. The van der Waals surface area contributed by atoms with Gasteiger partial charge in [0.1, 0.15) is 10.8 Å². The Labute approximate surface area is 204 Å². The fourth-order valence-corrected chi connectivity index (χ4v) is 4.82. The molecular formula is C27H28N4O2S. The minimum atomic E-state index is -0.293. The van der Waals surface area contributed by atoms with Gasteiger partial charge in [-0.2, -0.15) is 0 Å². The predicted octanol–water partition coefficient (Wildman–Crippen LogP) is 6.18. The van der Waals surface area contributed by atoms with Gasteiger partial charge in [0, 0.05) is 27.4 Å². The minimum absolute atomic E-state index is 0.140. The molecule has 0 fully saturated rings. The first-order chi connectivity index (χ1) is 16.5. The molecule has 0 bridgehead atoms. The predicted molar refractivity (Wildman–Crippen MR) is 138 cm³/mol. The highest BCUT2D eigenvalue weighted by Crippen LogP contribution is 2.38. The molecule has 0 aliphatic rings. The summed E-state index contributed by atoms with van der Waals surface area (Å²) in [7, 11) is 1.65. The van der Waals surface area contributed by atoms with Crippen molar-refractivity contribution in [1.82, 2.24) is 9.97 Å². The lowest BCUT2D eigenvalue weighted by atomic mass is 9.99. The molecule has 2 N–H and O–H groups in total. The maximum absolute atomic E-state index is 13.0. The van der Waals surface area contributed by atoms with Gasteiger partial charge in [0.05, 0.1) is 13.2 Å². The maximum Gasteiger partial charge on any atom is 0.256 e. The van der Waals surface area contributed by atoms with Gasteiger partial charge in [-0.25, -0.2) is 9.97 Å². The zero-order valence-corrected chi connectivity index (χ0v) is 20.6. The van der Waals surface area contributed by atoms with Crippen LogP contribution in [0.25, 0.3) is 0 Å². The number of ether oxygens (including phenoxy) is 1. The van der Waals surface area contributed by atoms with Crippen LogP contribution in [-0.4, -0.2) is 23.0 Å². The summed E-state index contributed by atoms with van der Waals surface area (Å²) in [5, 5.41) is 7.45. The third kappa shape index (κ3) is 5.43. The first-order valence-electron chi connectivity index (χ1n) is 11.2. The normalized spacial score (nSPS) is 11.6. The van der Waals surface area contributed by atoms with E-state index in [2.05, 4.69) is 33.6 Å². The van der Waals surface area contributed by atoms with Gasteiger partial charge in [-0.1, -0.05) is 37.3 Å². The van der Waals surface area contributed by atoms with Crippen molar-refractivity contribution in [2.24, 2.45) is 0 Å². The van der Waals surface area contributed by atoms with Gasteiger partial charge in [0.2, 0.25) is 5.95 Å². The molecule has 0 spiro atoms. The van der Waals surface area contributed by atoms with E-state index in [0.29, 0.717) is 11.5 Å². The van der Waals surface area contributed by atoms with E-state index in [-0.39, 0.29) is 11.9 Å². The summed E-state index contributed by atoms with van der Waals surface area (Å²) in [5.74, 6) is 1.15. The molecule has 2 aromatic carbocycles. The van der Waals surface area contributed by atoms with Crippen LogP contribution in [0, 0.1) is 13.8 Å². The largest absolute Gasteiger partial charge is 0.497 e. The lowest BCUT2D eigenvalue weighted by molar-refractivity contribution is 0.102. The van der Waals surface area contributed by atoms with E-state index in [0.717, 1.165) is 39.7 Å². The van der Waals surface area contributed by atoms with Crippen LogP contribution >= 0.6 is 11.3 Å². The monoisotopic (exact) mass is 472 g/mol. The van der Waals surface area contributed by atoms with Crippen molar-refractivity contribution in [3.8, 4) is 5.75 Å². The first kappa shape index (κ1) is 23.4. The minimum Gasteiger partial charge on any atom is -0.497 e. The van der Waals surface area contributed by atoms with Gasteiger partial charge in [-0.15, -0.1) is 11.3 Å². The molecule has 2 heterocycles. The van der Waals surface area contributed by atoms with Crippen LogP contribution in [-0.2, 0) is 6.42 Å². The Morgan fingerprint density at radius 1 is 1.00 bits per heavy atom. The molecule has 1 amide bonds. The smallest absolute Gasteiger partial charge is 0.256 e. The zero-order chi connectivity index (χ0) is 24.1. The number of nitrogens with zero attached hydrogens (tertiary/aromatic N) is 2. The number of hydrogen-bond acceptors (Lipinski definition) is 6. The fraction of sp³-hybridized carbons (Fsp3) is 0.222. The summed E-state index contributed by atoms with van der Waals surface area (Å²) >= 11 is 1.59. The SMILES string of the molecule is CCc1cc([C@@H](Nc2nc(C)cc(C)n2)c2cccc(OC)c2)c(NC(=O)c2ccccc2)s1. The second-order valence-corrected chi connectivity index (χ2v) is 9.14. The van der Waals surface area contributed by atoms with Crippen molar-refractivity contribution in [3.63, 3.8) is 0 Å². The number of aromatic nitrogens is 2. The molecule has 6 nitrogen and oxygen atoms in total. The maximum atomic E-state index is 13.0. The van der Waals surface area contributed by atoms with Crippen LogP contribution < -0.4 is 15.4 Å². The van der Waals surface area contributed by atoms with Crippen LogP contribution in [0.4, 0.5) is 10.9 Å². The number of rotatable bonds is 8. The molecule has 34 heavy (non-hydrogen) atoms. The number of thiophene rings is 1. The third-order valence-corrected chi connectivity index (χ3v) is 6.63. The van der Waals surface area contributed by atoms with E-state index < -0.39 is 0 Å². The standard InChI is InChI=1S/C27H28N4O2S/c1-5-22-16-23(26(34-22)31-25(32)19-10-7-6-8-11-19)24(20-12-9-13-21(15-20)33-4)30-27-28-17(2)14-18(3)29-27/h6-16,24H,5H2,1-4H3,(H,31,32)(H,28,29,30)/t24-/m0/s1.